The van der Waals surface area contributed by atoms with Crippen LogP contribution in [0.5, 0.6) is 0 Å². The highest BCUT2D eigenvalue weighted by Gasteiger charge is 2.21. The number of amides is 3. The summed E-state index contributed by atoms with van der Waals surface area (Å²) in [5.74, 6) is -1.41. The van der Waals surface area contributed by atoms with Crippen molar-refractivity contribution in [3.05, 3.63) is 137 Å². The van der Waals surface area contributed by atoms with Crippen LogP contribution in [0.25, 0.3) is 17.3 Å². The summed E-state index contributed by atoms with van der Waals surface area (Å²) in [6.07, 6.45) is 2.21. The second kappa shape index (κ2) is 15.3. The molecule has 46 heavy (non-hydrogen) atoms. The molecule has 0 aliphatic heterocycles. The first-order valence-corrected chi connectivity index (χ1v) is 16.3. The molecule has 1 atom stereocenters. The second-order valence-electron chi connectivity index (χ2n) is 10.3. The Kier molecular flexibility index (Phi) is 10.7. The van der Waals surface area contributed by atoms with Gasteiger partial charge in [-0.25, -0.2) is 9.37 Å². The third-order valence-electron chi connectivity index (χ3n) is 6.92. The summed E-state index contributed by atoms with van der Waals surface area (Å²) in [7, 11) is 0. The number of aromatic nitrogens is 1. The number of hydrogen-bond acceptors (Lipinski definition) is 6. The zero-order valence-electron chi connectivity index (χ0n) is 25.1. The van der Waals surface area contributed by atoms with Crippen molar-refractivity contribution in [1.29, 1.82) is 0 Å². The van der Waals surface area contributed by atoms with Gasteiger partial charge in [0.05, 0.1) is 10.9 Å². The lowest BCUT2D eigenvalue weighted by Crippen LogP contribution is -2.30. The SMILES string of the molecule is CCC(Sc1cccc(NC(=O)/C(=C/c2ccccc2C)NC(=O)c2ccccc2)c1)C(=O)Nc1nc(-c2ccc(F)cc2)cs1. The first-order valence-electron chi connectivity index (χ1n) is 14.5. The zero-order valence-corrected chi connectivity index (χ0v) is 26.8. The Morgan fingerprint density at radius 2 is 1.65 bits per heavy atom. The number of aryl methyl sites for hydroxylation is 1. The normalized spacial score (nSPS) is 11.8. The molecular formula is C36H31FN4O3S2. The molecule has 232 valence electrons. The molecule has 3 amide bonds. The summed E-state index contributed by atoms with van der Waals surface area (Å²) in [6, 6.07) is 29.5. The minimum Gasteiger partial charge on any atom is -0.321 e. The van der Waals surface area contributed by atoms with Crippen LogP contribution in [-0.4, -0.2) is 28.0 Å². The average molecular weight is 651 g/mol. The van der Waals surface area contributed by atoms with Crippen LogP contribution in [0.2, 0.25) is 0 Å². The van der Waals surface area contributed by atoms with Gasteiger partial charge in [-0.15, -0.1) is 23.1 Å². The van der Waals surface area contributed by atoms with Crippen LogP contribution < -0.4 is 16.0 Å². The highest BCUT2D eigenvalue weighted by atomic mass is 32.2. The summed E-state index contributed by atoms with van der Waals surface area (Å²) in [4.78, 5) is 45.0. The number of anilines is 2. The molecule has 4 aromatic carbocycles. The Hall–Kier alpha value is -5.06. The molecule has 3 N–H and O–H groups in total. The van der Waals surface area contributed by atoms with Gasteiger partial charge in [-0.2, -0.15) is 0 Å². The summed E-state index contributed by atoms with van der Waals surface area (Å²) in [5, 5.41) is 10.4. The maximum atomic E-state index is 13.5. The molecule has 1 unspecified atom stereocenters. The van der Waals surface area contributed by atoms with Crippen molar-refractivity contribution in [3.63, 3.8) is 0 Å². The number of carbonyl (C=O) groups is 3. The van der Waals surface area contributed by atoms with Gasteiger partial charge in [-0.05, 0) is 85.1 Å². The number of nitrogens with zero attached hydrogens (tertiary/aromatic N) is 1. The van der Waals surface area contributed by atoms with E-state index in [4.69, 9.17) is 0 Å². The summed E-state index contributed by atoms with van der Waals surface area (Å²) < 4.78 is 13.3. The van der Waals surface area contributed by atoms with Gasteiger partial charge in [0.2, 0.25) is 5.91 Å². The van der Waals surface area contributed by atoms with Crippen molar-refractivity contribution in [3.8, 4) is 11.3 Å². The van der Waals surface area contributed by atoms with Crippen molar-refractivity contribution in [2.45, 2.75) is 30.4 Å². The van der Waals surface area contributed by atoms with E-state index in [1.165, 1.54) is 35.2 Å². The van der Waals surface area contributed by atoms with Crippen LogP contribution in [0.4, 0.5) is 15.2 Å². The summed E-state index contributed by atoms with van der Waals surface area (Å²) in [5.41, 5.74) is 4.20. The van der Waals surface area contributed by atoms with E-state index >= 15 is 0 Å². The van der Waals surface area contributed by atoms with E-state index < -0.39 is 17.1 Å². The predicted molar refractivity (Wildman–Crippen MR) is 184 cm³/mol. The Morgan fingerprint density at radius 1 is 0.913 bits per heavy atom. The third-order valence-corrected chi connectivity index (χ3v) is 9.04. The van der Waals surface area contributed by atoms with Crippen LogP contribution in [0.15, 0.2) is 119 Å². The molecule has 5 aromatic rings. The quantitative estimate of drug-likeness (QED) is 0.0989. The molecule has 1 heterocycles. The van der Waals surface area contributed by atoms with E-state index in [9.17, 15) is 18.8 Å². The van der Waals surface area contributed by atoms with Gasteiger partial charge in [0, 0.05) is 27.1 Å². The highest BCUT2D eigenvalue weighted by Crippen LogP contribution is 2.30. The number of thioether (sulfide) groups is 1. The fourth-order valence-corrected chi connectivity index (χ4v) is 6.18. The van der Waals surface area contributed by atoms with Crippen molar-refractivity contribution in [1.82, 2.24) is 10.3 Å². The Morgan fingerprint density at radius 3 is 2.39 bits per heavy atom. The number of hydrogen-bond donors (Lipinski definition) is 3. The fourth-order valence-electron chi connectivity index (χ4n) is 4.45. The predicted octanol–water partition coefficient (Wildman–Crippen LogP) is 8.18. The van der Waals surface area contributed by atoms with Crippen LogP contribution in [-0.2, 0) is 9.59 Å². The molecule has 5 rings (SSSR count). The van der Waals surface area contributed by atoms with E-state index in [1.807, 2.05) is 55.6 Å². The monoisotopic (exact) mass is 650 g/mol. The van der Waals surface area contributed by atoms with Gasteiger partial charge in [0.15, 0.2) is 5.13 Å². The molecule has 0 saturated heterocycles. The molecule has 0 spiro atoms. The van der Waals surface area contributed by atoms with E-state index in [0.29, 0.717) is 28.5 Å². The molecule has 7 nitrogen and oxygen atoms in total. The first kappa shape index (κ1) is 32.3. The van der Waals surface area contributed by atoms with Crippen LogP contribution in [0.3, 0.4) is 0 Å². The number of thiazole rings is 1. The number of benzene rings is 4. The maximum absolute atomic E-state index is 13.5. The Labute approximate surface area is 275 Å². The Bertz CT molecular complexity index is 1870. The van der Waals surface area contributed by atoms with Gasteiger partial charge in [-0.3, -0.25) is 14.4 Å². The van der Waals surface area contributed by atoms with Crippen LogP contribution in [0.1, 0.15) is 34.8 Å². The lowest BCUT2D eigenvalue weighted by molar-refractivity contribution is -0.116. The maximum Gasteiger partial charge on any atom is 0.272 e. The molecule has 0 bridgehead atoms. The minimum absolute atomic E-state index is 0.0930. The summed E-state index contributed by atoms with van der Waals surface area (Å²) in [6.45, 7) is 3.85. The third kappa shape index (κ3) is 8.56. The number of halogens is 1. The zero-order chi connectivity index (χ0) is 32.5. The molecule has 0 aliphatic carbocycles. The topological polar surface area (TPSA) is 100 Å². The standard InChI is InChI=1S/C36H31FN4O3S2/c1-3-32(35(44)41-36-40-31(22-45-36)24-16-18-27(37)19-17-24)46-29-15-9-14-28(21-29)38-34(43)30(20-26-13-8-7-10-23(26)2)39-33(42)25-11-5-4-6-12-25/h4-22,32H,3H2,1-2H3,(H,38,43)(H,39,42)(H,40,41,44)/b30-20-. The molecule has 1 aromatic heterocycles. The van der Waals surface area contributed by atoms with Crippen LogP contribution in [0, 0.1) is 12.7 Å². The van der Waals surface area contributed by atoms with Gasteiger partial charge in [0.25, 0.3) is 11.8 Å². The van der Waals surface area contributed by atoms with Crippen molar-refractivity contribution in [2.24, 2.45) is 0 Å². The largest absolute Gasteiger partial charge is 0.321 e. The van der Waals surface area contributed by atoms with Gasteiger partial charge in [0.1, 0.15) is 11.5 Å². The molecule has 0 radical (unpaired) electrons. The summed E-state index contributed by atoms with van der Waals surface area (Å²) >= 11 is 2.67. The highest BCUT2D eigenvalue weighted by molar-refractivity contribution is 8.00. The van der Waals surface area contributed by atoms with Crippen molar-refractivity contribution in [2.75, 3.05) is 10.6 Å². The second-order valence-corrected chi connectivity index (χ2v) is 12.4. The van der Waals surface area contributed by atoms with Crippen molar-refractivity contribution < 1.29 is 18.8 Å². The average Bonchev–Trinajstić information content (AvgIpc) is 3.53. The van der Waals surface area contributed by atoms with Crippen LogP contribution >= 0.6 is 23.1 Å². The minimum atomic E-state index is -0.486. The molecular weight excluding hydrogens is 620 g/mol. The number of nitrogens with one attached hydrogen (secondary N) is 3. The van der Waals surface area contributed by atoms with Gasteiger partial charge >= 0.3 is 0 Å². The van der Waals surface area contributed by atoms with E-state index in [2.05, 4.69) is 20.9 Å². The number of rotatable bonds is 11. The molecule has 0 fully saturated rings. The first-order chi connectivity index (χ1) is 22.3. The van der Waals surface area contributed by atoms with Gasteiger partial charge < -0.3 is 16.0 Å². The lowest BCUT2D eigenvalue weighted by atomic mass is 10.1. The smallest absolute Gasteiger partial charge is 0.272 e. The van der Waals surface area contributed by atoms with E-state index in [0.717, 1.165) is 21.6 Å². The van der Waals surface area contributed by atoms with E-state index in [1.54, 1.807) is 60.7 Å². The lowest BCUT2D eigenvalue weighted by Gasteiger charge is -2.15. The Balaban J connectivity index is 1.28. The fraction of sp³-hybridized carbons (Fsp3) is 0.111. The van der Waals surface area contributed by atoms with Gasteiger partial charge in [-0.1, -0.05) is 55.5 Å². The van der Waals surface area contributed by atoms with Crippen molar-refractivity contribution >= 4 is 57.7 Å². The number of carbonyl (C=O) groups excluding carboxylic acids is 3. The molecule has 0 aliphatic rings. The molecule has 10 heteroatoms. The van der Waals surface area contributed by atoms with E-state index in [-0.39, 0.29) is 17.4 Å². The molecule has 0 saturated carbocycles.